The second-order valence-electron chi connectivity index (χ2n) is 4.12. The molecule has 1 aromatic carbocycles. The van der Waals surface area contributed by atoms with E-state index >= 15 is 0 Å². The number of hydrogen-bond acceptors (Lipinski definition) is 6. The van der Waals surface area contributed by atoms with Gasteiger partial charge in [-0.15, -0.1) is 0 Å². The van der Waals surface area contributed by atoms with Crippen LogP contribution in [0.25, 0.3) is 0 Å². The first-order valence-corrected chi connectivity index (χ1v) is 6.48. The summed E-state index contributed by atoms with van der Waals surface area (Å²) in [5.41, 5.74) is 0.293. The van der Waals surface area contributed by atoms with Crippen LogP contribution in [0.2, 0.25) is 5.28 Å². The molecule has 0 fully saturated rings. The third-order valence-electron chi connectivity index (χ3n) is 2.75. The number of esters is 1. The Morgan fingerprint density at radius 1 is 1.27 bits per heavy atom. The molecule has 0 bridgehead atoms. The van der Waals surface area contributed by atoms with Crippen molar-refractivity contribution >= 4 is 17.6 Å². The van der Waals surface area contributed by atoms with E-state index in [4.69, 9.17) is 21.1 Å². The summed E-state index contributed by atoms with van der Waals surface area (Å²) in [4.78, 5) is 19.1. The molecule has 0 spiro atoms. The van der Waals surface area contributed by atoms with Crippen LogP contribution in [0.4, 0.5) is 4.39 Å². The predicted molar refractivity (Wildman–Crippen MR) is 75.7 cm³/mol. The third-order valence-corrected chi connectivity index (χ3v) is 2.94. The molecule has 22 heavy (non-hydrogen) atoms. The SMILES string of the molecule is COC(=O)c1cc(COc2cnc(Cl)nc2)c(F)c(OC)c1. The summed E-state index contributed by atoms with van der Waals surface area (Å²) in [6.45, 7) is -0.141. The summed E-state index contributed by atoms with van der Waals surface area (Å²) in [6.07, 6.45) is 2.71. The summed E-state index contributed by atoms with van der Waals surface area (Å²) < 4.78 is 29.1. The zero-order chi connectivity index (χ0) is 16.1. The van der Waals surface area contributed by atoms with Crippen molar-refractivity contribution in [2.24, 2.45) is 0 Å². The number of carbonyl (C=O) groups is 1. The van der Waals surface area contributed by atoms with Crippen molar-refractivity contribution < 1.29 is 23.4 Å². The van der Waals surface area contributed by atoms with E-state index in [2.05, 4.69) is 14.7 Å². The molecule has 0 amide bonds. The maximum atomic E-state index is 14.2. The molecule has 0 aliphatic rings. The van der Waals surface area contributed by atoms with Crippen molar-refractivity contribution in [3.05, 3.63) is 46.8 Å². The Bertz CT molecular complexity index is 679. The lowest BCUT2D eigenvalue weighted by Gasteiger charge is -2.11. The highest BCUT2D eigenvalue weighted by Crippen LogP contribution is 2.24. The molecule has 0 saturated heterocycles. The molecular weight excluding hydrogens is 315 g/mol. The van der Waals surface area contributed by atoms with Gasteiger partial charge < -0.3 is 14.2 Å². The predicted octanol–water partition coefficient (Wildman–Crippen LogP) is 2.64. The van der Waals surface area contributed by atoms with Crippen LogP contribution in [0.1, 0.15) is 15.9 Å². The van der Waals surface area contributed by atoms with Crippen LogP contribution in [0.3, 0.4) is 0 Å². The Labute approximate surface area is 130 Å². The van der Waals surface area contributed by atoms with Gasteiger partial charge in [0.15, 0.2) is 17.3 Å². The molecule has 6 nitrogen and oxygen atoms in total. The second-order valence-corrected chi connectivity index (χ2v) is 4.46. The van der Waals surface area contributed by atoms with Crippen molar-refractivity contribution in [2.45, 2.75) is 6.61 Å². The van der Waals surface area contributed by atoms with E-state index in [1.165, 1.54) is 38.7 Å². The van der Waals surface area contributed by atoms with Crippen LogP contribution in [-0.2, 0) is 11.3 Å². The molecule has 0 atom stereocenters. The minimum Gasteiger partial charge on any atom is -0.494 e. The van der Waals surface area contributed by atoms with E-state index in [1.54, 1.807) is 0 Å². The first kappa shape index (κ1) is 16.0. The molecule has 2 rings (SSSR count). The van der Waals surface area contributed by atoms with Crippen LogP contribution >= 0.6 is 11.6 Å². The maximum Gasteiger partial charge on any atom is 0.337 e. The lowest BCUT2D eigenvalue weighted by atomic mass is 10.1. The molecule has 0 saturated carbocycles. The number of benzene rings is 1. The standard InChI is InChI=1S/C14H12ClFN2O4/c1-20-11-4-8(13(19)21-2)3-9(12(11)16)7-22-10-5-17-14(15)18-6-10/h3-6H,7H2,1-2H3. The van der Waals surface area contributed by atoms with Gasteiger partial charge in [-0.05, 0) is 23.7 Å². The number of hydrogen-bond donors (Lipinski definition) is 0. The molecule has 0 aliphatic carbocycles. The van der Waals surface area contributed by atoms with Gasteiger partial charge in [-0.2, -0.15) is 0 Å². The average Bonchev–Trinajstić information content (AvgIpc) is 2.54. The summed E-state index contributed by atoms with van der Waals surface area (Å²) >= 11 is 5.56. The highest BCUT2D eigenvalue weighted by atomic mass is 35.5. The van der Waals surface area contributed by atoms with Crippen molar-refractivity contribution in [3.63, 3.8) is 0 Å². The fourth-order valence-electron chi connectivity index (χ4n) is 1.68. The Hall–Kier alpha value is -2.41. The number of carbonyl (C=O) groups excluding carboxylic acids is 1. The van der Waals surface area contributed by atoms with E-state index in [9.17, 15) is 9.18 Å². The van der Waals surface area contributed by atoms with Crippen LogP contribution in [0.15, 0.2) is 24.5 Å². The zero-order valence-corrected chi connectivity index (χ0v) is 12.6. The molecule has 1 aromatic heterocycles. The smallest absolute Gasteiger partial charge is 0.337 e. The molecule has 1 heterocycles. The van der Waals surface area contributed by atoms with E-state index in [0.29, 0.717) is 5.75 Å². The summed E-state index contributed by atoms with van der Waals surface area (Å²) in [5.74, 6) is -0.987. The van der Waals surface area contributed by atoms with E-state index in [-0.39, 0.29) is 28.8 Å². The first-order chi connectivity index (χ1) is 10.5. The van der Waals surface area contributed by atoms with Gasteiger partial charge in [0.25, 0.3) is 0 Å². The van der Waals surface area contributed by atoms with Crippen molar-refractivity contribution in [3.8, 4) is 11.5 Å². The molecule has 0 aliphatic heterocycles. The molecule has 0 unspecified atom stereocenters. The van der Waals surface area contributed by atoms with Crippen molar-refractivity contribution in [1.82, 2.24) is 9.97 Å². The third kappa shape index (κ3) is 3.62. The van der Waals surface area contributed by atoms with Crippen molar-refractivity contribution in [1.29, 1.82) is 0 Å². The highest BCUT2D eigenvalue weighted by molar-refractivity contribution is 6.28. The molecule has 0 radical (unpaired) electrons. The quantitative estimate of drug-likeness (QED) is 0.621. The Morgan fingerprint density at radius 3 is 2.55 bits per heavy atom. The van der Waals surface area contributed by atoms with Crippen LogP contribution in [0.5, 0.6) is 11.5 Å². The Balaban J connectivity index is 2.25. The Morgan fingerprint density at radius 2 is 1.95 bits per heavy atom. The molecular formula is C14H12ClFN2O4. The summed E-state index contributed by atoms with van der Waals surface area (Å²) in [5, 5.41) is 0.0767. The van der Waals surface area contributed by atoms with Gasteiger partial charge in [0, 0.05) is 5.56 Å². The number of ether oxygens (including phenoxy) is 3. The number of nitrogens with zero attached hydrogens (tertiary/aromatic N) is 2. The van der Waals surface area contributed by atoms with Gasteiger partial charge in [0.05, 0.1) is 32.2 Å². The number of methoxy groups -OCH3 is 2. The molecule has 8 heteroatoms. The lowest BCUT2D eigenvalue weighted by Crippen LogP contribution is -2.07. The van der Waals surface area contributed by atoms with Gasteiger partial charge in [-0.3, -0.25) is 0 Å². The maximum absolute atomic E-state index is 14.2. The first-order valence-electron chi connectivity index (χ1n) is 6.10. The fraction of sp³-hybridized carbons (Fsp3) is 0.214. The average molecular weight is 327 g/mol. The van der Waals surface area contributed by atoms with E-state index in [1.807, 2.05) is 0 Å². The van der Waals surface area contributed by atoms with Crippen LogP contribution in [-0.4, -0.2) is 30.2 Å². The largest absolute Gasteiger partial charge is 0.494 e. The number of rotatable bonds is 5. The number of aromatic nitrogens is 2. The zero-order valence-electron chi connectivity index (χ0n) is 11.8. The molecule has 0 N–H and O–H groups in total. The summed E-state index contributed by atoms with van der Waals surface area (Å²) in [7, 11) is 2.54. The van der Waals surface area contributed by atoms with Crippen molar-refractivity contribution in [2.75, 3.05) is 14.2 Å². The minimum atomic E-state index is -0.620. The highest BCUT2D eigenvalue weighted by Gasteiger charge is 2.16. The van der Waals surface area contributed by atoms with E-state index in [0.717, 1.165) is 0 Å². The number of halogens is 2. The Kier molecular flexibility index (Phi) is 5.11. The summed E-state index contributed by atoms with van der Waals surface area (Å²) in [6, 6.07) is 2.59. The topological polar surface area (TPSA) is 70.5 Å². The van der Waals surface area contributed by atoms with Crippen LogP contribution < -0.4 is 9.47 Å². The van der Waals surface area contributed by atoms with Gasteiger partial charge in [0.2, 0.25) is 5.28 Å². The van der Waals surface area contributed by atoms with Crippen LogP contribution in [0, 0.1) is 5.82 Å². The molecule has 116 valence electrons. The van der Waals surface area contributed by atoms with Gasteiger partial charge >= 0.3 is 5.97 Å². The normalized spacial score (nSPS) is 10.2. The lowest BCUT2D eigenvalue weighted by molar-refractivity contribution is 0.0600. The van der Waals surface area contributed by atoms with Gasteiger partial charge in [-0.25, -0.2) is 19.2 Å². The van der Waals surface area contributed by atoms with Gasteiger partial charge in [-0.1, -0.05) is 0 Å². The fourth-order valence-corrected chi connectivity index (χ4v) is 1.78. The van der Waals surface area contributed by atoms with E-state index < -0.39 is 11.8 Å². The second kappa shape index (κ2) is 7.04. The monoisotopic (exact) mass is 326 g/mol. The molecule has 2 aromatic rings. The van der Waals surface area contributed by atoms with Gasteiger partial charge in [0.1, 0.15) is 6.61 Å². The minimum absolute atomic E-state index is 0.0751.